The first-order valence-electron chi connectivity index (χ1n) is 9.09. The molecule has 3 aromatic rings. The van der Waals surface area contributed by atoms with Crippen LogP contribution in [-0.4, -0.2) is 28.7 Å². The van der Waals surface area contributed by atoms with Crippen molar-refractivity contribution in [2.45, 2.75) is 19.1 Å². The van der Waals surface area contributed by atoms with Gasteiger partial charge in [-0.05, 0) is 29.8 Å². The number of anilines is 2. The lowest BCUT2D eigenvalue weighted by Crippen LogP contribution is -2.35. The third kappa shape index (κ3) is 3.74. The zero-order valence-corrected chi connectivity index (χ0v) is 15.7. The van der Waals surface area contributed by atoms with E-state index in [0.29, 0.717) is 17.2 Å². The highest BCUT2D eigenvalue weighted by Crippen LogP contribution is 2.37. The summed E-state index contributed by atoms with van der Waals surface area (Å²) in [7, 11) is 1.56. The van der Waals surface area contributed by atoms with E-state index in [1.807, 2.05) is 30.3 Å². The maximum absolute atomic E-state index is 13.1. The van der Waals surface area contributed by atoms with Crippen LogP contribution in [0.1, 0.15) is 18.2 Å². The highest BCUT2D eigenvalue weighted by Gasteiger charge is 2.35. The summed E-state index contributed by atoms with van der Waals surface area (Å²) >= 11 is 0. The van der Waals surface area contributed by atoms with E-state index in [0.717, 1.165) is 11.1 Å². The van der Waals surface area contributed by atoms with Crippen LogP contribution in [0.15, 0.2) is 54.6 Å². The molecule has 0 bridgehead atoms. The molecule has 0 saturated carbocycles. The van der Waals surface area contributed by atoms with Crippen molar-refractivity contribution in [3.63, 3.8) is 0 Å². The van der Waals surface area contributed by atoms with E-state index in [4.69, 9.17) is 4.74 Å². The van der Waals surface area contributed by atoms with Crippen molar-refractivity contribution in [3.05, 3.63) is 66.1 Å². The molecule has 1 atom stereocenters. The number of carbonyl (C=O) groups excluding carboxylic acids is 2. The van der Waals surface area contributed by atoms with Crippen LogP contribution in [0, 0.1) is 5.82 Å². The van der Waals surface area contributed by atoms with Gasteiger partial charge >= 0.3 is 0 Å². The van der Waals surface area contributed by atoms with Gasteiger partial charge in [0, 0.05) is 18.4 Å². The van der Waals surface area contributed by atoms with Crippen LogP contribution in [-0.2, 0) is 20.9 Å². The number of ether oxygens (including phenoxy) is 1. The normalized spacial score (nSPS) is 15.5. The third-order valence-electron chi connectivity index (χ3n) is 4.67. The van der Waals surface area contributed by atoms with Crippen LogP contribution < -0.4 is 10.6 Å². The number of nitrogens with zero attached hydrogens (tertiary/aromatic N) is 2. The predicted molar refractivity (Wildman–Crippen MR) is 106 cm³/mol. The lowest BCUT2D eigenvalue weighted by atomic mass is 10.0. The Morgan fingerprint density at radius 2 is 1.97 bits per heavy atom. The third-order valence-corrected chi connectivity index (χ3v) is 4.67. The van der Waals surface area contributed by atoms with Crippen molar-refractivity contribution < 1.29 is 18.7 Å². The fourth-order valence-electron chi connectivity index (χ4n) is 3.38. The molecule has 0 radical (unpaired) electrons. The van der Waals surface area contributed by atoms with Crippen molar-refractivity contribution in [1.29, 1.82) is 0 Å². The standard InChI is InChI=1S/C21H19FN4O3/c1-29-12-16-19(13-5-3-2-4-6-13)20-24-18(27)11-17(26(20)25-16)21(28)23-15-9-7-14(22)8-10-15/h2-10,17H,11-12H2,1H3,(H,23,28)(H,24,27)/t17-/m0/s1. The van der Waals surface area contributed by atoms with Crippen molar-refractivity contribution >= 4 is 23.3 Å². The molecule has 7 nitrogen and oxygen atoms in total. The number of halogens is 1. The fourth-order valence-corrected chi connectivity index (χ4v) is 3.38. The lowest BCUT2D eigenvalue weighted by molar-refractivity contribution is -0.125. The summed E-state index contributed by atoms with van der Waals surface area (Å²) in [4.78, 5) is 25.3. The van der Waals surface area contributed by atoms with Crippen molar-refractivity contribution in [2.24, 2.45) is 0 Å². The minimum atomic E-state index is -0.836. The van der Waals surface area contributed by atoms with Gasteiger partial charge in [-0.3, -0.25) is 9.59 Å². The summed E-state index contributed by atoms with van der Waals surface area (Å²) in [6.07, 6.45) is -0.0532. The molecule has 1 aromatic heterocycles. The number of nitrogens with one attached hydrogen (secondary N) is 2. The number of benzene rings is 2. The van der Waals surface area contributed by atoms with Crippen molar-refractivity contribution in [3.8, 4) is 11.1 Å². The van der Waals surface area contributed by atoms with E-state index in [1.165, 1.54) is 28.9 Å². The molecule has 2 N–H and O–H groups in total. The first-order valence-corrected chi connectivity index (χ1v) is 9.09. The van der Waals surface area contributed by atoms with Gasteiger partial charge in [0.2, 0.25) is 11.8 Å². The van der Waals surface area contributed by atoms with Crippen molar-refractivity contribution in [1.82, 2.24) is 9.78 Å². The second-order valence-corrected chi connectivity index (χ2v) is 6.68. The van der Waals surface area contributed by atoms with Gasteiger partial charge < -0.3 is 15.4 Å². The summed E-state index contributed by atoms with van der Waals surface area (Å²) in [6.45, 7) is 0.229. The van der Waals surface area contributed by atoms with Crippen LogP contribution in [0.4, 0.5) is 15.9 Å². The molecular weight excluding hydrogens is 375 g/mol. The van der Waals surface area contributed by atoms with Gasteiger partial charge in [0.15, 0.2) is 0 Å². The van der Waals surface area contributed by atoms with Gasteiger partial charge in [0.1, 0.15) is 17.7 Å². The van der Waals surface area contributed by atoms with Crippen LogP contribution in [0.3, 0.4) is 0 Å². The van der Waals surface area contributed by atoms with Gasteiger partial charge in [-0.25, -0.2) is 9.07 Å². The summed E-state index contributed by atoms with van der Waals surface area (Å²) in [6, 6.07) is 14.1. The monoisotopic (exact) mass is 394 g/mol. The maximum Gasteiger partial charge on any atom is 0.249 e. The highest BCUT2D eigenvalue weighted by atomic mass is 19.1. The minimum Gasteiger partial charge on any atom is -0.378 e. The molecule has 0 unspecified atom stereocenters. The SMILES string of the molecule is COCc1nn2c(c1-c1ccccc1)NC(=O)C[C@H]2C(=O)Nc1ccc(F)cc1. The number of hydrogen-bond donors (Lipinski definition) is 2. The second-order valence-electron chi connectivity index (χ2n) is 6.68. The molecule has 1 aliphatic heterocycles. The molecule has 0 fully saturated rings. The molecular formula is C21H19FN4O3. The highest BCUT2D eigenvalue weighted by molar-refractivity contribution is 6.03. The molecule has 0 spiro atoms. The largest absolute Gasteiger partial charge is 0.378 e. The zero-order valence-electron chi connectivity index (χ0n) is 15.7. The van der Waals surface area contributed by atoms with E-state index in [1.54, 1.807) is 7.11 Å². The topological polar surface area (TPSA) is 85.2 Å². The van der Waals surface area contributed by atoms with Gasteiger partial charge in [-0.2, -0.15) is 5.10 Å². The van der Waals surface area contributed by atoms with E-state index in [2.05, 4.69) is 15.7 Å². The van der Waals surface area contributed by atoms with Gasteiger partial charge in [0.25, 0.3) is 0 Å². The number of fused-ring (bicyclic) bond motifs is 1. The van der Waals surface area contributed by atoms with E-state index < -0.39 is 17.8 Å². The fraction of sp³-hybridized carbons (Fsp3) is 0.190. The smallest absolute Gasteiger partial charge is 0.249 e. The Kier molecular flexibility index (Phi) is 5.09. The van der Waals surface area contributed by atoms with Crippen LogP contribution in [0.5, 0.6) is 0 Å². The Labute approximate surface area is 166 Å². The number of amides is 2. The molecule has 0 saturated heterocycles. The van der Waals surface area contributed by atoms with Gasteiger partial charge in [-0.15, -0.1) is 0 Å². The average Bonchev–Trinajstić information content (AvgIpc) is 3.07. The Balaban J connectivity index is 1.73. The summed E-state index contributed by atoms with van der Waals surface area (Å²) in [5, 5.41) is 10.1. The predicted octanol–water partition coefficient (Wildman–Crippen LogP) is 3.36. The Bertz CT molecular complexity index is 1050. The molecule has 2 heterocycles. The second kappa shape index (κ2) is 7.84. The van der Waals surface area contributed by atoms with Crippen LogP contribution >= 0.6 is 0 Å². The summed E-state index contributed by atoms with van der Waals surface area (Å²) in [5.74, 6) is -0.624. The first kappa shape index (κ1) is 18.8. The van der Waals surface area contributed by atoms with E-state index in [9.17, 15) is 14.0 Å². The molecule has 8 heteroatoms. The number of methoxy groups -OCH3 is 1. The van der Waals surface area contributed by atoms with Crippen LogP contribution in [0.2, 0.25) is 0 Å². The van der Waals surface area contributed by atoms with E-state index in [-0.39, 0.29) is 18.9 Å². The van der Waals surface area contributed by atoms with Gasteiger partial charge in [0.05, 0.1) is 18.7 Å². The Morgan fingerprint density at radius 3 is 2.66 bits per heavy atom. The number of hydrogen-bond acceptors (Lipinski definition) is 4. The average molecular weight is 394 g/mol. The molecule has 2 aromatic carbocycles. The quantitative estimate of drug-likeness (QED) is 0.695. The number of rotatable bonds is 5. The van der Waals surface area contributed by atoms with Crippen molar-refractivity contribution in [2.75, 3.05) is 17.7 Å². The number of carbonyl (C=O) groups is 2. The van der Waals surface area contributed by atoms with Gasteiger partial charge in [-0.1, -0.05) is 30.3 Å². The molecule has 148 valence electrons. The first-order chi connectivity index (χ1) is 14.1. The lowest BCUT2D eigenvalue weighted by Gasteiger charge is -2.24. The summed E-state index contributed by atoms with van der Waals surface area (Å²) < 4.78 is 19.9. The Hall–Kier alpha value is -3.52. The Morgan fingerprint density at radius 1 is 1.24 bits per heavy atom. The molecule has 29 heavy (non-hydrogen) atoms. The summed E-state index contributed by atoms with van der Waals surface area (Å²) in [5.41, 5.74) is 2.65. The molecule has 1 aliphatic rings. The van der Waals surface area contributed by atoms with E-state index >= 15 is 0 Å². The minimum absolute atomic E-state index is 0.0532. The van der Waals surface area contributed by atoms with Crippen LogP contribution in [0.25, 0.3) is 11.1 Å². The molecule has 4 rings (SSSR count). The molecule has 0 aliphatic carbocycles. The number of aromatic nitrogens is 2. The zero-order chi connectivity index (χ0) is 20.4. The maximum atomic E-state index is 13.1. The molecule has 2 amide bonds.